The van der Waals surface area contributed by atoms with Crippen molar-refractivity contribution < 1.29 is 0 Å². The maximum absolute atomic E-state index is 11.9. The highest BCUT2D eigenvalue weighted by atomic mass is 16.1. The highest BCUT2D eigenvalue weighted by Crippen LogP contribution is 2.37. The molecule has 0 radical (unpaired) electrons. The molecule has 1 aromatic heterocycles. The molecule has 4 heteroatoms. The van der Waals surface area contributed by atoms with Crippen LogP contribution in [0.3, 0.4) is 0 Å². The largest absolute Gasteiger partial charge is 0.326 e. The number of hydrogen-bond donors (Lipinski definition) is 1. The molecule has 1 aliphatic carbocycles. The average Bonchev–Trinajstić information content (AvgIpc) is 2.59. The van der Waals surface area contributed by atoms with E-state index in [1.54, 1.807) is 12.1 Å². The summed E-state index contributed by atoms with van der Waals surface area (Å²) in [6, 6.07) is 7.75. The molecule has 0 atom stereocenters. The molecule has 1 aliphatic rings. The van der Waals surface area contributed by atoms with E-state index in [4.69, 9.17) is 5.26 Å². The van der Waals surface area contributed by atoms with E-state index in [0.717, 1.165) is 23.9 Å². The van der Waals surface area contributed by atoms with Gasteiger partial charge in [-0.2, -0.15) is 5.26 Å². The molecule has 0 aliphatic heterocycles. The van der Waals surface area contributed by atoms with Gasteiger partial charge in [-0.05, 0) is 37.0 Å². The Morgan fingerprint density at radius 2 is 2.24 bits per heavy atom. The molecule has 1 heterocycles. The molecule has 1 N–H and O–H groups in total. The third-order valence-electron chi connectivity index (χ3n) is 3.56. The lowest BCUT2D eigenvalue weighted by atomic mass is 9.81. The molecule has 0 unspecified atom stereocenters. The van der Waals surface area contributed by atoms with Gasteiger partial charge in [0.05, 0.1) is 22.7 Å². The topological polar surface area (TPSA) is 61.6 Å². The average molecular weight is 227 g/mol. The van der Waals surface area contributed by atoms with Crippen molar-refractivity contribution in [2.45, 2.75) is 25.8 Å². The smallest absolute Gasteiger partial charge is 0.305 e. The summed E-state index contributed by atoms with van der Waals surface area (Å²) in [6.07, 6.45) is 2.12. The summed E-state index contributed by atoms with van der Waals surface area (Å²) in [5, 5.41) is 8.83. The Hall–Kier alpha value is -2.02. The molecule has 17 heavy (non-hydrogen) atoms. The zero-order valence-corrected chi connectivity index (χ0v) is 9.60. The second-order valence-electron chi connectivity index (χ2n) is 4.87. The van der Waals surface area contributed by atoms with Crippen LogP contribution in [0.4, 0.5) is 0 Å². The number of rotatable bonds is 1. The number of aromatic amines is 1. The third-order valence-corrected chi connectivity index (χ3v) is 3.56. The summed E-state index contributed by atoms with van der Waals surface area (Å²) in [7, 11) is 0. The number of hydrogen-bond acceptors (Lipinski definition) is 2. The quantitative estimate of drug-likeness (QED) is 0.811. The van der Waals surface area contributed by atoms with Crippen LogP contribution in [-0.2, 0) is 0 Å². The van der Waals surface area contributed by atoms with Crippen LogP contribution in [-0.4, -0.2) is 9.55 Å². The second-order valence-corrected chi connectivity index (χ2v) is 4.87. The molecule has 1 saturated carbocycles. The maximum atomic E-state index is 11.9. The molecule has 4 nitrogen and oxygen atoms in total. The van der Waals surface area contributed by atoms with Crippen LogP contribution in [0.25, 0.3) is 11.0 Å². The van der Waals surface area contributed by atoms with Crippen molar-refractivity contribution in [1.29, 1.82) is 5.26 Å². The van der Waals surface area contributed by atoms with E-state index in [1.165, 1.54) is 0 Å². The molecule has 0 saturated heterocycles. The zero-order chi connectivity index (χ0) is 12.0. The molecule has 1 aromatic carbocycles. The van der Waals surface area contributed by atoms with Crippen molar-refractivity contribution in [2.75, 3.05) is 0 Å². The van der Waals surface area contributed by atoms with E-state index in [0.29, 0.717) is 17.5 Å². The lowest BCUT2D eigenvalue weighted by Gasteiger charge is -2.33. The second kappa shape index (κ2) is 3.49. The van der Waals surface area contributed by atoms with Crippen molar-refractivity contribution >= 4 is 11.0 Å². The van der Waals surface area contributed by atoms with Gasteiger partial charge in [0.15, 0.2) is 0 Å². The number of fused-ring (bicyclic) bond motifs is 1. The van der Waals surface area contributed by atoms with Crippen LogP contribution in [0.1, 0.15) is 31.4 Å². The number of benzene rings is 1. The van der Waals surface area contributed by atoms with Gasteiger partial charge < -0.3 is 4.98 Å². The molecule has 2 aromatic rings. The Morgan fingerprint density at radius 3 is 2.88 bits per heavy atom. The van der Waals surface area contributed by atoms with Crippen molar-refractivity contribution in [1.82, 2.24) is 9.55 Å². The highest BCUT2D eigenvalue weighted by Gasteiger charge is 2.29. The SMILES string of the molecule is C[C@H]1C[C@H](n2c(=O)[nH]c3cc(C#N)ccc32)C1. The van der Waals surface area contributed by atoms with Crippen LogP contribution in [0.2, 0.25) is 0 Å². The first-order valence-electron chi connectivity index (χ1n) is 5.83. The molecular weight excluding hydrogens is 214 g/mol. The fourth-order valence-electron chi connectivity index (χ4n) is 2.63. The lowest BCUT2D eigenvalue weighted by Crippen LogP contribution is -2.31. The van der Waals surface area contributed by atoms with E-state index in [9.17, 15) is 4.79 Å². The van der Waals surface area contributed by atoms with Crippen LogP contribution < -0.4 is 5.69 Å². The number of nitriles is 1. The monoisotopic (exact) mass is 227 g/mol. The molecule has 3 rings (SSSR count). The van der Waals surface area contributed by atoms with Crippen molar-refractivity contribution in [2.24, 2.45) is 5.92 Å². The van der Waals surface area contributed by atoms with Gasteiger partial charge in [-0.15, -0.1) is 0 Å². The molecule has 0 amide bonds. The van der Waals surface area contributed by atoms with Gasteiger partial charge in [-0.25, -0.2) is 4.79 Å². The molecule has 86 valence electrons. The normalized spacial score (nSPS) is 23.3. The Bertz CT molecular complexity index is 668. The third kappa shape index (κ3) is 1.47. The highest BCUT2D eigenvalue weighted by molar-refractivity contribution is 5.77. The minimum atomic E-state index is -0.0630. The van der Waals surface area contributed by atoms with Gasteiger partial charge in [-0.1, -0.05) is 6.92 Å². The summed E-state index contributed by atoms with van der Waals surface area (Å²) in [5.41, 5.74) is 2.18. The van der Waals surface area contributed by atoms with E-state index in [-0.39, 0.29) is 5.69 Å². The van der Waals surface area contributed by atoms with Gasteiger partial charge >= 0.3 is 5.69 Å². The van der Waals surface area contributed by atoms with Gasteiger partial charge in [0, 0.05) is 6.04 Å². The van der Waals surface area contributed by atoms with Crippen molar-refractivity contribution in [3.8, 4) is 6.07 Å². The Kier molecular flexibility index (Phi) is 2.08. The first-order valence-corrected chi connectivity index (χ1v) is 5.83. The molecule has 1 fully saturated rings. The first-order chi connectivity index (χ1) is 8.19. The Morgan fingerprint density at radius 1 is 1.47 bits per heavy atom. The van der Waals surface area contributed by atoms with Gasteiger partial charge in [-0.3, -0.25) is 4.57 Å². The number of nitrogens with zero attached hydrogens (tertiary/aromatic N) is 2. The van der Waals surface area contributed by atoms with E-state index >= 15 is 0 Å². The molecule has 0 spiro atoms. The molecule has 0 bridgehead atoms. The fourth-order valence-corrected chi connectivity index (χ4v) is 2.63. The van der Waals surface area contributed by atoms with Crippen molar-refractivity contribution in [3.63, 3.8) is 0 Å². The summed E-state index contributed by atoms with van der Waals surface area (Å²) < 4.78 is 1.83. The standard InChI is InChI=1S/C13H13N3O/c1-8-4-10(5-8)16-12-3-2-9(7-14)6-11(12)15-13(16)17/h2-3,6,8,10H,4-5H2,1H3,(H,15,17)/t8-,10-. The summed E-state index contributed by atoms with van der Waals surface area (Å²) >= 11 is 0. The zero-order valence-electron chi connectivity index (χ0n) is 9.60. The van der Waals surface area contributed by atoms with Crippen LogP contribution >= 0.6 is 0 Å². The summed E-state index contributed by atoms with van der Waals surface area (Å²) in [5.74, 6) is 0.704. The van der Waals surface area contributed by atoms with Crippen LogP contribution in [0, 0.1) is 17.2 Å². The summed E-state index contributed by atoms with van der Waals surface area (Å²) in [4.78, 5) is 14.7. The van der Waals surface area contributed by atoms with Crippen LogP contribution in [0.15, 0.2) is 23.0 Å². The van der Waals surface area contributed by atoms with Crippen molar-refractivity contribution in [3.05, 3.63) is 34.2 Å². The van der Waals surface area contributed by atoms with Gasteiger partial charge in [0.2, 0.25) is 0 Å². The molecular formula is C13H13N3O. The first kappa shape index (κ1) is 10.2. The maximum Gasteiger partial charge on any atom is 0.326 e. The lowest BCUT2D eigenvalue weighted by molar-refractivity contribution is 0.217. The summed E-state index contributed by atoms with van der Waals surface area (Å²) in [6.45, 7) is 2.20. The minimum absolute atomic E-state index is 0.0630. The predicted molar refractivity (Wildman–Crippen MR) is 64.7 cm³/mol. The number of aromatic nitrogens is 2. The number of nitrogens with one attached hydrogen (secondary N) is 1. The Balaban J connectivity index is 2.16. The van der Waals surface area contributed by atoms with E-state index in [1.807, 2.05) is 10.6 Å². The number of imidazole rings is 1. The fraction of sp³-hybridized carbons (Fsp3) is 0.385. The van der Waals surface area contributed by atoms with Gasteiger partial charge in [0.1, 0.15) is 0 Å². The van der Waals surface area contributed by atoms with E-state index < -0.39 is 0 Å². The van der Waals surface area contributed by atoms with E-state index in [2.05, 4.69) is 18.0 Å². The van der Waals surface area contributed by atoms with Crippen LogP contribution in [0.5, 0.6) is 0 Å². The predicted octanol–water partition coefficient (Wildman–Crippen LogP) is 2.17. The minimum Gasteiger partial charge on any atom is -0.305 e. The number of H-pyrrole nitrogens is 1. The van der Waals surface area contributed by atoms with Gasteiger partial charge in [0.25, 0.3) is 0 Å². The Labute approximate surface area is 98.5 Å².